The molecule has 26 heavy (non-hydrogen) atoms. The second-order valence-corrected chi connectivity index (χ2v) is 7.35. The van der Waals surface area contributed by atoms with Crippen LogP contribution in [0.4, 0.5) is 5.69 Å². The fourth-order valence-corrected chi connectivity index (χ4v) is 3.21. The summed E-state index contributed by atoms with van der Waals surface area (Å²) >= 11 is 5.77. The van der Waals surface area contributed by atoms with Crippen molar-refractivity contribution < 1.29 is 18.3 Å². The number of carbonyl (C=O) groups excluding carboxylic acids is 1. The SMILES string of the molecule is CCOC(=O)c1ccccc1N=CC(C#N)=S(=O)(O)c1ccc(Cl)cc1. The predicted molar refractivity (Wildman–Crippen MR) is 102 cm³/mol. The van der Waals surface area contributed by atoms with Crippen molar-refractivity contribution in [2.24, 2.45) is 4.99 Å². The molecule has 2 rings (SSSR count). The number of carbonyl (C=O) groups is 1. The number of nitriles is 1. The fraction of sp³-hybridized carbons (Fsp3) is 0.111. The minimum absolute atomic E-state index is 0.0311. The Morgan fingerprint density at radius 3 is 2.58 bits per heavy atom. The van der Waals surface area contributed by atoms with E-state index in [0.717, 1.165) is 6.21 Å². The highest BCUT2D eigenvalue weighted by atomic mass is 35.5. The van der Waals surface area contributed by atoms with Gasteiger partial charge in [-0.25, -0.2) is 9.00 Å². The molecule has 0 radical (unpaired) electrons. The van der Waals surface area contributed by atoms with Crippen LogP contribution in [-0.4, -0.2) is 32.4 Å². The molecule has 6 nitrogen and oxygen atoms in total. The monoisotopic (exact) mass is 390 g/mol. The molecule has 0 aliphatic rings. The molecule has 2 aromatic rings. The van der Waals surface area contributed by atoms with Gasteiger partial charge in [0.25, 0.3) is 0 Å². The Kier molecular flexibility index (Phi) is 6.52. The van der Waals surface area contributed by atoms with Crippen LogP contribution in [0.25, 0.3) is 0 Å². The number of esters is 1. The van der Waals surface area contributed by atoms with Gasteiger partial charge in [0.15, 0.2) is 4.86 Å². The lowest BCUT2D eigenvalue weighted by Crippen LogP contribution is -2.14. The smallest absolute Gasteiger partial charge is 0.340 e. The van der Waals surface area contributed by atoms with Gasteiger partial charge in [0, 0.05) is 5.02 Å². The topological polar surface area (TPSA) is 99.8 Å². The van der Waals surface area contributed by atoms with Gasteiger partial charge < -0.3 is 9.29 Å². The van der Waals surface area contributed by atoms with Crippen molar-refractivity contribution in [1.82, 2.24) is 0 Å². The zero-order valence-corrected chi connectivity index (χ0v) is 15.3. The molecule has 0 heterocycles. The molecule has 1 atom stereocenters. The lowest BCUT2D eigenvalue weighted by Gasteiger charge is -2.06. The van der Waals surface area contributed by atoms with E-state index in [1.807, 2.05) is 0 Å². The van der Waals surface area contributed by atoms with Crippen molar-refractivity contribution >= 4 is 44.1 Å². The van der Waals surface area contributed by atoms with Crippen molar-refractivity contribution in [3.05, 3.63) is 59.1 Å². The molecule has 0 saturated carbocycles. The molecule has 134 valence electrons. The molecule has 1 N–H and O–H groups in total. The Hall–Kier alpha value is -2.66. The second-order valence-electron chi connectivity index (χ2n) is 4.95. The van der Waals surface area contributed by atoms with E-state index in [4.69, 9.17) is 16.3 Å². The Bertz CT molecular complexity index is 1000. The third kappa shape index (κ3) is 4.49. The quantitative estimate of drug-likeness (QED) is 0.476. The van der Waals surface area contributed by atoms with Crippen LogP contribution in [0.5, 0.6) is 0 Å². The van der Waals surface area contributed by atoms with Crippen LogP contribution in [0.1, 0.15) is 17.3 Å². The van der Waals surface area contributed by atoms with E-state index < -0.39 is 20.6 Å². The molecule has 0 amide bonds. The van der Waals surface area contributed by atoms with Crippen molar-refractivity contribution in [2.75, 3.05) is 6.61 Å². The second kappa shape index (κ2) is 8.63. The van der Waals surface area contributed by atoms with E-state index in [1.165, 1.54) is 30.3 Å². The molecule has 2 aromatic carbocycles. The standard InChI is InChI=1S/C18H15ClN2O4S/c1-2-25-18(22)16-5-3-4-6-17(16)21-12-15(11-20)26(23,24)14-9-7-13(19)8-10-14/h3-10,12H,2H2,1H3,(H,23,24). The summed E-state index contributed by atoms with van der Waals surface area (Å²) in [4.78, 5) is 15.6. The van der Waals surface area contributed by atoms with Crippen molar-refractivity contribution in [2.45, 2.75) is 11.8 Å². The number of para-hydroxylation sites is 1. The molecule has 0 aliphatic carbocycles. The van der Waals surface area contributed by atoms with Crippen LogP contribution in [0.15, 0.2) is 58.4 Å². The van der Waals surface area contributed by atoms with Gasteiger partial charge in [-0.15, -0.1) is 0 Å². The van der Waals surface area contributed by atoms with Crippen molar-refractivity contribution in [3.8, 4) is 6.07 Å². The Balaban J connectivity index is 2.48. The first-order chi connectivity index (χ1) is 12.4. The van der Waals surface area contributed by atoms with Crippen molar-refractivity contribution in [1.29, 1.82) is 5.26 Å². The van der Waals surface area contributed by atoms with E-state index in [2.05, 4.69) is 4.99 Å². The third-order valence-corrected chi connectivity index (χ3v) is 5.22. The summed E-state index contributed by atoms with van der Waals surface area (Å²) in [5, 5.41) is 9.69. The summed E-state index contributed by atoms with van der Waals surface area (Å²) < 4.78 is 27.9. The summed E-state index contributed by atoms with van der Waals surface area (Å²) in [6.07, 6.45) is 0.981. The number of ether oxygens (including phenoxy) is 1. The number of nitrogens with zero attached hydrogens (tertiary/aromatic N) is 2. The summed E-state index contributed by atoms with van der Waals surface area (Å²) in [6, 6.07) is 13.7. The average molecular weight is 391 g/mol. The molecule has 1 unspecified atom stereocenters. The van der Waals surface area contributed by atoms with E-state index in [1.54, 1.807) is 31.2 Å². The number of hydrogen-bond acceptors (Lipinski definition) is 5. The number of halogens is 1. The third-order valence-electron chi connectivity index (χ3n) is 3.26. The first-order valence-corrected chi connectivity index (χ1v) is 9.39. The van der Waals surface area contributed by atoms with Crippen LogP contribution in [0.2, 0.25) is 5.02 Å². The molecular weight excluding hydrogens is 376 g/mol. The van der Waals surface area contributed by atoms with Gasteiger partial charge in [0.05, 0.1) is 29.0 Å². The summed E-state index contributed by atoms with van der Waals surface area (Å²) in [6.45, 7) is 1.88. The summed E-state index contributed by atoms with van der Waals surface area (Å²) in [5.41, 5.74) is 0.420. The Labute approximate surface area is 156 Å². The minimum Gasteiger partial charge on any atom is -0.462 e. The van der Waals surface area contributed by atoms with Gasteiger partial charge in [-0.2, -0.15) is 5.26 Å². The molecule has 0 saturated heterocycles. The maximum atomic E-state index is 12.6. The summed E-state index contributed by atoms with van der Waals surface area (Å²) in [5.74, 6) is -0.568. The molecular formula is C18H15ClN2O4S. The van der Waals surface area contributed by atoms with Crippen LogP contribution in [0, 0.1) is 11.3 Å². The van der Waals surface area contributed by atoms with Gasteiger partial charge in [-0.05, 0) is 43.3 Å². The fourth-order valence-electron chi connectivity index (χ4n) is 2.00. The van der Waals surface area contributed by atoms with E-state index >= 15 is 0 Å². The molecule has 0 fully saturated rings. The largest absolute Gasteiger partial charge is 0.462 e. The van der Waals surface area contributed by atoms with E-state index in [-0.39, 0.29) is 22.8 Å². The molecule has 8 heteroatoms. The van der Waals surface area contributed by atoms with Crippen LogP contribution >= 0.6 is 11.6 Å². The first kappa shape index (κ1) is 19.7. The number of aliphatic imine (C=N–C) groups is 1. The predicted octanol–water partition coefficient (Wildman–Crippen LogP) is 3.73. The van der Waals surface area contributed by atoms with Gasteiger partial charge >= 0.3 is 5.97 Å². The molecule has 0 aliphatic heterocycles. The number of hydrogen-bond donors (Lipinski definition) is 1. The molecule has 0 spiro atoms. The Morgan fingerprint density at radius 2 is 1.96 bits per heavy atom. The average Bonchev–Trinajstić information content (AvgIpc) is 2.63. The van der Waals surface area contributed by atoms with Crippen LogP contribution in [0.3, 0.4) is 0 Å². The lowest BCUT2D eigenvalue weighted by molar-refractivity contribution is 0.0527. The minimum atomic E-state index is -3.80. The van der Waals surface area contributed by atoms with Gasteiger partial charge in [-0.1, -0.05) is 23.7 Å². The van der Waals surface area contributed by atoms with Gasteiger partial charge in [-0.3, -0.25) is 4.99 Å². The van der Waals surface area contributed by atoms with Crippen LogP contribution in [-0.2, 0) is 14.5 Å². The van der Waals surface area contributed by atoms with Crippen molar-refractivity contribution in [3.63, 3.8) is 0 Å². The van der Waals surface area contributed by atoms with Crippen LogP contribution < -0.4 is 0 Å². The zero-order valence-electron chi connectivity index (χ0n) is 13.8. The number of benzene rings is 2. The maximum absolute atomic E-state index is 12.6. The normalized spacial score (nSPS) is 13.0. The first-order valence-electron chi connectivity index (χ1n) is 7.49. The highest BCUT2D eigenvalue weighted by molar-refractivity contribution is 7.98. The van der Waals surface area contributed by atoms with E-state index in [0.29, 0.717) is 5.02 Å². The summed E-state index contributed by atoms with van der Waals surface area (Å²) in [7, 11) is -3.80. The number of rotatable bonds is 5. The Morgan fingerprint density at radius 1 is 1.31 bits per heavy atom. The highest BCUT2D eigenvalue weighted by Gasteiger charge is 2.15. The molecule has 0 aromatic heterocycles. The lowest BCUT2D eigenvalue weighted by atomic mass is 10.2. The van der Waals surface area contributed by atoms with Gasteiger partial charge in [0.1, 0.15) is 15.9 Å². The maximum Gasteiger partial charge on any atom is 0.340 e. The van der Waals surface area contributed by atoms with E-state index in [9.17, 15) is 18.8 Å². The highest BCUT2D eigenvalue weighted by Crippen LogP contribution is 2.20. The van der Waals surface area contributed by atoms with Gasteiger partial charge in [0.2, 0.25) is 0 Å². The molecule has 0 bridgehead atoms. The zero-order chi connectivity index (χ0) is 19.2.